The fourth-order valence-electron chi connectivity index (χ4n) is 2.49. The number of nitrogens with zero attached hydrogens (tertiary/aromatic N) is 2. The quantitative estimate of drug-likeness (QED) is 0.328. The first kappa shape index (κ1) is 18.8. The van der Waals surface area contributed by atoms with Crippen molar-refractivity contribution < 1.29 is 23.9 Å². The molecule has 142 valence electrons. The largest absolute Gasteiger partial charge is 0.497 e. The molecule has 2 aromatic rings. The Kier molecular flexibility index (Phi) is 5.50. The second-order valence-corrected chi connectivity index (χ2v) is 5.66. The van der Waals surface area contributed by atoms with Gasteiger partial charge in [-0.25, -0.2) is 9.79 Å². The van der Waals surface area contributed by atoms with E-state index in [2.05, 4.69) is 4.99 Å². The zero-order valence-corrected chi connectivity index (χ0v) is 15.1. The number of rotatable bonds is 6. The number of nitro groups is 1. The lowest BCUT2D eigenvalue weighted by Crippen LogP contribution is -2.01. The average Bonchev–Trinajstić information content (AvgIpc) is 3.06. The zero-order valence-electron chi connectivity index (χ0n) is 15.1. The van der Waals surface area contributed by atoms with Gasteiger partial charge in [0, 0.05) is 29.8 Å². The predicted molar refractivity (Wildman–Crippen MR) is 103 cm³/mol. The second-order valence-electron chi connectivity index (χ2n) is 5.66. The van der Waals surface area contributed by atoms with Crippen LogP contribution in [0.25, 0.3) is 12.2 Å². The smallest absolute Gasteiger partial charge is 0.363 e. The minimum Gasteiger partial charge on any atom is -0.497 e. The van der Waals surface area contributed by atoms with Crippen LogP contribution in [-0.2, 0) is 9.53 Å². The molecule has 0 atom stereocenters. The molecule has 0 aromatic heterocycles. The molecule has 0 saturated carbocycles. The predicted octanol–water partition coefficient (Wildman–Crippen LogP) is 3.62. The van der Waals surface area contributed by atoms with E-state index < -0.39 is 10.9 Å². The van der Waals surface area contributed by atoms with E-state index in [0.29, 0.717) is 22.6 Å². The molecule has 28 heavy (non-hydrogen) atoms. The Morgan fingerprint density at radius 2 is 1.93 bits per heavy atom. The number of benzene rings is 2. The highest BCUT2D eigenvalue weighted by Gasteiger charge is 2.22. The van der Waals surface area contributed by atoms with Gasteiger partial charge in [0.15, 0.2) is 5.70 Å². The van der Waals surface area contributed by atoms with Gasteiger partial charge >= 0.3 is 5.97 Å². The minimum absolute atomic E-state index is 0.0281. The van der Waals surface area contributed by atoms with Crippen LogP contribution in [0.15, 0.2) is 59.2 Å². The molecule has 0 unspecified atom stereocenters. The summed E-state index contributed by atoms with van der Waals surface area (Å²) >= 11 is 0. The molecule has 2 aromatic carbocycles. The van der Waals surface area contributed by atoms with Gasteiger partial charge < -0.3 is 14.2 Å². The average molecular weight is 380 g/mol. The summed E-state index contributed by atoms with van der Waals surface area (Å²) in [7, 11) is 3.06. The van der Waals surface area contributed by atoms with E-state index in [-0.39, 0.29) is 17.3 Å². The second kappa shape index (κ2) is 8.17. The number of aliphatic imine (C=N–C) groups is 1. The molecular weight excluding hydrogens is 364 g/mol. The number of hydrogen-bond donors (Lipinski definition) is 0. The van der Waals surface area contributed by atoms with E-state index in [1.54, 1.807) is 49.6 Å². The van der Waals surface area contributed by atoms with E-state index in [1.807, 2.05) is 0 Å². The monoisotopic (exact) mass is 380 g/mol. The summed E-state index contributed by atoms with van der Waals surface area (Å²) in [6, 6.07) is 11.2. The topological polar surface area (TPSA) is 100 Å². The molecule has 0 saturated heterocycles. The van der Waals surface area contributed by atoms with Crippen LogP contribution in [-0.4, -0.2) is 31.0 Å². The first-order valence-electron chi connectivity index (χ1n) is 8.17. The lowest BCUT2D eigenvalue weighted by Gasteiger charge is -2.07. The third kappa shape index (κ3) is 4.24. The molecule has 8 nitrogen and oxygen atoms in total. The first-order valence-corrected chi connectivity index (χ1v) is 8.17. The van der Waals surface area contributed by atoms with Gasteiger partial charge in [0.1, 0.15) is 11.5 Å². The van der Waals surface area contributed by atoms with E-state index in [0.717, 1.165) is 0 Å². The van der Waals surface area contributed by atoms with Crippen molar-refractivity contribution in [1.82, 2.24) is 0 Å². The fraction of sp³-hybridized carbons (Fsp3) is 0.100. The number of ether oxygens (including phenoxy) is 3. The summed E-state index contributed by atoms with van der Waals surface area (Å²) in [5, 5.41) is 10.8. The molecule has 3 rings (SSSR count). The van der Waals surface area contributed by atoms with Gasteiger partial charge in [-0.1, -0.05) is 12.1 Å². The van der Waals surface area contributed by atoms with Crippen molar-refractivity contribution in [3.8, 4) is 11.5 Å². The number of carbonyl (C=O) groups excluding carboxylic acids is 1. The molecule has 0 radical (unpaired) electrons. The normalized spacial score (nSPS) is 14.9. The fourth-order valence-corrected chi connectivity index (χ4v) is 2.49. The third-order valence-electron chi connectivity index (χ3n) is 3.87. The van der Waals surface area contributed by atoms with E-state index >= 15 is 0 Å². The minimum atomic E-state index is -0.600. The molecule has 0 spiro atoms. The van der Waals surface area contributed by atoms with Crippen molar-refractivity contribution in [2.75, 3.05) is 14.2 Å². The highest BCUT2D eigenvalue weighted by atomic mass is 16.6. The van der Waals surface area contributed by atoms with Crippen molar-refractivity contribution in [3.63, 3.8) is 0 Å². The van der Waals surface area contributed by atoms with E-state index in [1.165, 1.54) is 25.3 Å². The number of esters is 1. The summed E-state index contributed by atoms with van der Waals surface area (Å²) < 4.78 is 15.6. The van der Waals surface area contributed by atoms with Crippen LogP contribution in [0.3, 0.4) is 0 Å². The molecule has 1 aliphatic heterocycles. The van der Waals surface area contributed by atoms with Gasteiger partial charge in [-0.3, -0.25) is 10.1 Å². The molecule has 1 heterocycles. The van der Waals surface area contributed by atoms with Gasteiger partial charge in [-0.05, 0) is 29.8 Å². The number of cyclic esters (lactones) is 1. The van der Waals surface area contributed by atoms with Gasteiger partial charge in [-0.2, -0.15) is 0 Å². The van der Waals surface area contributed by atoms with Crippen molar-refractivity contribution >= 4 is 29.7 Å². The lowest BCUT2D eigenvalue weighted by molar-refractivity contribution is -0.384. The highest BCUT2D eigenvalue weighted by Crippen LogP contribution is 2.28. The molecule has 8 heteroatoms. The number of carbonyl (C=O) groups is 1. The van der Waals surface area contributed by atoms with Crippen LogP contribution in [0.5, 0.6) is 11.5 Å². The van der Waals surface area contributed by atoms with Crippen LogP contribution < -0.4 is 9.47 Å². The molecule has 0 amide bonds. The van der Waals surface area contributed by atoms with Gasteiger partial charge in [0.25, 0.3) is 5.69 Å². The lowest BCUT2D eigenvalue weighted by atomic mass is 10.1. The van der Waals surface area contributed by atoms with Crippen LogP contribution in [0.4, 0.5) is 5.69 Å². The van der Waals surface area contributed by atoms with Crippen molar-refractivity contribution in [3.05, 3.63) is 75.5 Å². The maximum atomic E-state index is 12.1. The maximum absolute atomic E-state index is 12.1. The first-order chi connectivity index (χ1) is 13.5. The third-order valence-corrected chi connectivity index (χ3v) is 3.87. The van der Waals surface area contributed by atoms with Gasteiger partial charge in [0.05, 0.1) is 19.1 Å². The summed E-state index contributed by atoms with van der Waals surface area (Å²) in [4.78, 5) is 26.6. The Balaban J connectivity index is 1.84. The highest BCUT2D eigenvalue weighted by molar-refractivity contribution is 6.11. The molecule has 0 bridgehead atoms. The van der Waals surface area contributed by atoms with Crippen LogP contribution >= 0.6 is 0 Å². The Morgan fingerprint density at radius 1 is 1.11 bits per heavy atom. The van der Waals surface area contributed by atoms with E-state index in [4.69, 9.17) is 14.2 Å². The molecule has 0 aliphatic carbocycles. The molecular formula is C20H16N2O6. The maximum Gasteiger partial charge on any atom is 0.363 e. The van der Waals surface area contributed by atoms with Gasteiger partial charge in [-0.15, -0.1) is 0 Å². The molecule has 0 fully saturated rings. The Morgan fingerprint density at radius 3 is 2.64 bits per heavy atom. The summed E-state index contributed by atoms with van der Waals surface area (Å²) in [5.74, 6) is 0.638. The van der Waals surface area contributed by atoms with Crippen LogP contribution in [0, 0.1) is 10.1 Å². The Bertz CT molecular complexity index is 1020. The Hall–Kier alpha value is -3.94. The van der Waals surface area contributed by atoms with Crippen molar-refractivity contribution in [2.24, 2.45) is 4.99 Å². The zero-order chi connectivity index (χ0) is 20.1. The number of hydrogen-bond acceptors (Lipinski definition) is 7. The number of methoxy groups -OCH3 is 2. The summed E-state index contributed by atoms with van der Waals surface area (Å²) in [6.07, 6.45) is 4.61. The number of non-ortho nitro benzene ring substituents is 1. The molecule has 0 N–H and O–H groups in total. The van der Waals surface area contributed by atoms with Crippen molar-refractivity contribution in [1.29, 1.82) is 0 Å². The van der Waals surface area contributed by atoms with E-state index in [9.17, 15) is 14.9 Å². The Labute approximate surface area is 160 Å². The van der Waals surface area contributed by atoms with Crippen molar-refractivity contribution in [2.45, 2.75) is 0 Å². The van der Waals surface area contributed by atoms with Gasteiger partial charge in [0.2, 0.25) is 5.90 Å². The summed E-state index contributed by atoms with van der Waals surface area (Å²) in [6.45, 7) is 0. The SMILES string of the molecule is COc1ccc(/C=C2N=C(/C=C\c3cccc([N+](=O)[O-])c3)OC/2=O)c(OC)c1. The van der Waals surface area contributed by atoms with Crippen LogP contribution in [0.1, 0.15) is 11.1 Å². The van der Waals surface area contributed by atoms with Crippen LogP contribution in [0.2, 0.25) is 0 Å². The standard InChI is InChI=1S/C20H16N2O6/c1-26-16-8-7-14(18(12-16)27-2)11-17-20(23)28-19(21-17)9-6-13-4-3-5-15(10-13)22(24)25/h3-12H,1-2H3/b9-6-,17-11+. The summed E-state index contributed by atoms with van der Waals surface area (Å²) in [5.41, 5.74) is 1.31. The molecule has 1 aliphatic rings. The number of nitro benzene ring substituents is 1.